The molecule has 0 bridgehead atoms. The molecule has 0 atom stereocenters. The summed E-state index contributed by atoms with van der Waals surface area (Å²) in [7, 11) is 1.66. The molecule has 6 heteroatoms. The third-order valence-electron chi connectivity index (χ3n) is 3.37. The summed E-state index contributed by atoms with van der Waals surface area (Å²) in [5.74, 6) is 0.954. The smallest absolute Gasteiger partial charge is 0.259 e. The average Bonchev–Trinajstić information content (AvgIpc) is 2.92. The van der Waals surface area contributed by atoms with Crippen molar-refractivity contribution in [2.24, 2.45) is 0 Å². The van der Waals surface area contributed by atoms with Crippen molar-refractivity contribution in [3.8, 4) is 11.5 Å². The number of ether oxygens (including phenoxy) is 1. The minimum atomic E-state index is -0.504. The molecule has 0 aliphatic heterocycles. The van der Waals surface area contributed by atoms with Gasteiger partial charge >= 0.3 is 0 Å². The zero-order valence-corrected chi connectivity index (χ0v) is 11.4. The molecule has 0 fully saturated rings. The summed E-state index contributed by atoms with van der Waals surface area (Å²) in [6, 6.07) is 1.75. The number of hydrogen-bond donors (Lipinski definition) is 1. The van der Waals surface area contributed by atoms with Crippen LogP contribution < -0.4 is 5.73 Å². The van der Waals surface area contributed by atoms with E-state index in [0.717, 1.165) is 12.8 Å². The number of nitrogens with two attached hydrogens (primary N) is 1. The summed E-state index contributed by atoms with van der Waals surface area (Å²) < 4.78 is 10.9. The molecule has 0 saturated heterocycles. The van der Waals surface area contributed by atoms with Crippen molar-refractivity contribution >= 4 is 5.69 Å². The van der Waals surface area contributed by atoms with Crippen LogP contribution in [0.2, 0.25) is 0 Å². The first-order chi connectivity index (χ1) is 9.15. The summed E-state index contributed by atoms with van der Waals surface area (Å²) >= 11 is 0. The van der Waals surface area contributed by atoms with Crippen LogP contribution in [0.25, 0.3) is 11.5 Å². The van der Waals surface area contributed by atoms with Crippen molar-refractivity contribution in [3.63, 3.8) is 0 Å². The highest BCUT2D eigenvalue weighted by molar-refractivity contribution is 5.57. The molecule has 0 aliphatic carbocycles. The molecule has 0 aliphatic rings. The van der Waals surface area contributed by atoms with Crippen LogP contribution in [-0.4, -0.2) is 22.2 Å². The maximum Gasteiger partial charge on any atom is 0.259 e. The highest BCUT2D eigenvalue weighted by Crippen LogP contribution is 2.31. The van der Waals surface area contributed by atoms with Gasteiger partial charge in [-0.25, -0.2) is 0 Å². The summed E-state index contributed by atoms with van der Waals surface area (Å²) in [6.45, 7) is 4.07. The Morgan fingerprint density at radius 2 is 2.05 bits per heavy atom. The maximum absolute atomic E-state index is 5.69. The number of aromatic nitrogens is 3. The second-order valence-electron chi connectivity index (χ2n) is 4.34. The number of hydrogen-bond acceptors (Lipinski definition) is 6. The fourth-order valence-electron chi connectivity index (χ4n) is 2.05. The first-order valence-electron chi connectivity index (χ1n) is 6.25. The largest absolute Gasteiger partial charge is 0.397 e. The van der Waals surface area contributed by atoms with E-state index in [1.54, 1.807) is 25.6 Å². The van der Waals surface area contributed by atoms with E-state index in [2.05, 4.69) is 15.1 Å². The van der Waals surface area contributed by atoms with E-state index in [1.807, 2.05) is 13.8 Å². The Bertz CT molecular complexity index is 541. The lowest BCUT2D eigenvalue weighted by Gasteiger charge is -2.25. The fourth-order valence-corrected chi connectivity index (χ4v) is 2.05. The van der Waals surface area contributed by atoms with E-state index in [9.17, 15) is 0 Å². The lowest BCUT2D eigenvalue weighted by atomic mass is 9.96. The van der Waals surface area contributed by atoms with Crippen LogP contribution in [-0.2, 0) is 10.3 Å². The zero-order chi connectivity index (χ0) is 13.9. The van der Waals surface area contributed by atoms with Gasteiger partial charge in [0, 0.05) is 19.5 Å². The van der Waals surface area contributed by atoms with E-state index in [-0.39, 0.29) is 0 Å². The van der Waals surface area contributed by atoms with Crippen LogP contribution >= 0.6 is 0 Å². The SMILES string of the molecule is CCC(CC)(OC)c1noc(-c2cncc(N)c2)n1. The Morgan fingerprint density at radius 3 is 2.63 bits per heavy atom. The topological polar surface area (TPSA) is 87.1 Å². The third kappa shape index (κ3) is 2.44. The molecule has 0 aromatic carbocycles. The Balaban J connectivity index is 2.38. The third-order valence-corrected chi connectivity index (χ3v) is 3.37. The van der Waals surface area contributed by atoms with E-state index < -0.39 is 5.60 Å². The lowest BCUT2D eigenvalue weighted by molar-refractivity contribution is -0.0306. The number of methoxy groups -OCH3 is 1. The molecule has 2 rings (SSSR count). The van der Waals surface area contributed by atoms with Crippen molar-refractivity contribution in [2.75, 3.05) is 12.8 Å². The standard InChI is InChI=1S/C13H18N4O2/c1-4-13(5-2,18-3)12-16-11(19-17-12)9-6-10(14)8-15-7-9/h6-8H,4-5,14H2,1-3H3. The van der Waals surface area contributed by atoms with Crippen LogP contribution in [0.5, 0.6) is 0 Å². The molecule has 2 aromatic rings. The van der Waals surface area contributed by atoms with Crippen LogP contribution in [0.15, 0.2) is 23.0 Å². The summed E-state index contributed by atoms with van der Waals surface area (Å²) in [5.41, 5.74) is 6.45. The van der Waals surface area contributed by atoms with Crippen molar-refractivity contribution in [3.05, 3.63) is 24.3 Å². The minimum Gasteiger partial charge on any atom is -0.397 e. The van der Waals surface area contributed by atoms with Gasteiger partial charge in [-0.15, -0.1) is 0 Å². The highest BCUT2D eigenvalue weighted by Gasteiger charge is 2.33. The fraction of sp³-hybridized carbons (Fsp3) is 0.462. The molecule has 19 heavy (non-hydrogen) atoms. The van der Waals surface area contributed by atoms with Gasteiger partial charge in [-0.1, -0.05) is 19.0 Å². The Morgan fingerprint density at radius 1 is 1.32 bits per heavy atom. The molecule has 2 heterocycles. The summed E-state index contributed by atoms with van der Waals surface area (Å²) in [6.07, 6.45) is 4.75. The van der Waals surface area contributed by atoms with Crippen molar-refractivity contribution < 1.29 is 9.26 Å². The monoisotopic (exact) mass is 262 g/mol. The second-order valence-corrected chi connectivity index (χ2v) is 4.34. The number of anilines is 1. The quantitative estimate of drug-likeness (QED) is 0.890. The molecule has 2 aromatic heterocycles. The number of pyridine rings is 1. The van der Waals surface area contributed by atoms with Crippen molar-refractivity contribution in [2.45, 2.75) is 32.3 Å². The molecule has 0 amide bonds. The average molecular weight is 262 g/mol. The molecule has 2 N–H and O–H groups in total. The van der Waals surface area contributed by atoms with E-state index >= 15 is 0 Å². The highest BCUT2D eigenvalue weighted by atomic mass is 16.5. The lowest BCUT2D eigenvalue weighted by Crippen LogP contribution is -2.28. The van der Waals surface area contributed by atoms with Crippen LogP contribution in [0.4, 0.5) is 5.69 Å². The molecule has 0 spiro atoms. The Labute approximate surface area is 112 Å². The predicted octanol–water partition coefficient (Wildman–Crippen LogP) is 2.38. The maximum atomic E-state index is 5.69. The van der Waals surface area contributed by atoms with Gasteiger partial charge in [0.15, 0.2) is 0 Å². The molecule has 0 unspecified atom stereocenters. The molecule has 0 radical (unpaired) electrons. The van der Waals surface area contributed by atoms with E-state index in [0.29, 0.717) is 23.0 Å². The molecular weight excluding hydrogens is 244 g/mol. The van der Waals surface area contributed by atoms with Gasteiger partial charge < -0.3 is 15.0 Å². The van der Waals surface area contributed by atoms with Gasteiger partial charge in [0.05, 0.1) is 11.3 Å². The summed E-state index contributed by atoms with van der Waals surface area (Å²) in [4.78, 5) is 8.42. The van der Waals surface area contributed by atoms with Crippen LogP contribution in [0.3, 0.4) is 0 Å². The second kappa shape index (κ2) is 5.36. The number of rotatable bonds is 5. The minimum absolute atomic E-state index is 0.401. The van der Waals surface area contributed by atoms with Gasteiger partial charge in [-0.2, -0.15) is 4.98 Å². The zero-order valence-electron chi connectivity index (χ0n) is 11.4. The number of nitrogen functional groups attached to an aromatic ring is 1. The Hall–Kier alpha value is -1.95. The molecule has 0 saturated carbocycles. The van der Waals surface area contributed by atoms with Crippen molar-refractivity contribution in [1.29, 1.82) is 0 Å². The predicted molar refractivity (Wildman–Crippen MR) is 71.2 cm³/mol. The van der Waals surface area contributed by atoms with Crippen molar-refractivity contribution in [1.82, 2.24) is 15.1 Å². The summed E-state index contributed by atoms with van der Waals surface area (Å²) in [5, 5.41) is 4.03. The normalized spacial score (nSPS) is 11.7. The molecular formula is C13H18N4O2. The van der Waals surface area contributed by atoms with E-state index in [1.165, 1.54) is 0 Å². The number of nitrogens with zero attached hydrogens (tertiary/aromatic N) is 3. The first-order valence-corrected chi connectivity index (χ1v) is 6.25. The van der Waals surface area contributed by atoms with Crippen LogP contribution in [0, 0.1) is 0 Å². The van der Waals surface area contributed by atoms with Gasteiger partial charge in [-0.05, 0) is 18.9 Å². The van der Waals surface area contributed by atoms with Gasteiger partial charge in [0.25, 0.3) is 5.89 Å². The first kappa shape index (κ1) is 13.5. The Kier molecular flexibility index (Phi) is 3.80. The van der Waals surface area contributed by atoms with Gasteiger partial charge in [0.1, 0.15) is 5.60 Å². The molecule has 102 valence electrons. The van der Waals surface area contributed by atoms with Crippen LogP contribution in [0.1, 0.15) is 32.5 Å². The van der Waals surface area contributed by atoms with Gasteiger partial charge in [0.2, 0.25) is 5.82 Å². The van der Waals surface area contributed by atoms with Gasteiger partial charge in [-0.3, -0.25) is 4.98 Å². The molecule has 6 nitrogen and oxygen atoms in total. The van der Waals surface area contributed by atoms with E-state index in [4.69, 9.17) is 15.0 Å².